The molecule has 0 atom stereocenters. The first-order chi connectivity index (χ1) is 8.25. The van der Waals surface area contributed by atoms with Crippen molar-refractivity contribution in [3.05, 3.63) is 64.3 Å². The van der Waals surface area contributed by atoms with Gasteiger partial charge in [0.05, 0.1) is 4.92 Å². The van der Waals surface area contributed by atoms with Gasteiger partial charge in [-0.1, -0.05) is 30.3 Å². The fourth-order valence-electron chi connectivity index (χ4n) is 1.24. The van der Waals surface area contributed by atoms with Crippen LogP contribution in [0, 0.1) is 10.1 Å². The minimum atomic E-state index is -0.488. The molecule has 0 saturated heterocycles. The summed E-state index contributed by atoms with van der Waals surface area (Å²) in [7, 11) is 0. The second kappa shape index (κ2) is 4.98. The quantitative estimate of drug-likeness (QED) is 0.460. The minimum absolute atomic E-state index is 0.0383. The van der Waals surface area contributed by atoms with Crippen LogP contribution < -0.4 is 0 Å². The molecule has 2 aromatic rings. The molecule has 0 fully saturated rings. The predicted molar refractivity (Wildman–Crippen MR) is 64.6 cm³/mol. The first-order valence-electron chi connectivity index (χ1n) is 4.95. The van der Waals surface area contributed by atoms with Crippen molar-refractivity contribution in [3.63, 3.8) is 0 Å². The number of rotatable bonds is 3. The summed E-state index contributed by atoms with van der Waals surface area (Å²) >= 11 is 0. The zero-order valence-corrected chi connectivity index (χ0v) is 8.85. The number of aromatic nitrogens is 1. The average molecular weight is 227 g/mol. The van der Waals surface area contributed by atoms with Crippen LogP contribution in [0.1, 0.15) is 5.56 Å². The standard InChI is InChI=1S/C12H9N3O2/c16-15(17)11-6-7-12(14-9-11)13-8-10-4-2-1-3-5-10/h1-9H. The van der Waals surface area contributed by atoms with E-state index in [0.29, 0.717) is 5.82 Å². The Morgan fingerprint density at radius 1 is 1.18 bits per heavy atom. The first kappa shape index (κ1) is 10.9. The molecule has 2 rings (SSSR count). The van der Waals surface area contributed by atoms with E-state index >= 15 is 0 Å². The Labute approximate surface area is 97.6 Å². The van der Waals surface area contributed by atoms with E-state index in [4.69, 9.17) is 0 Å². The Bertz CT molecular complexity index is 535. The van der Waals surface area contributed by atoms with E-state index in [1.54, 1.807) is 6.21 Å². The lowest BCUT2D eigenvalue weighted by atomic mass is 10.2. The third-order valence-electron chi connectivity index (χ3n) is 2.09. The molecular weight excluding hydrogens is 218 g/mol. The van der Waals surface area contributed by atoms with Crippen LogP contribution in [0.2, 0.25) is 0 Å². The summed E-state index contributed by atoms with van der Waals surface area (Å²) in [5.41, 5.74) is 0.913. The smallest absolute Gasteiger partial charge is 0.258 e. The van der Waals surface area contributed by atoms with Gasteiger partial charge in [-0.15, -0.1) is 0 Å². The SMILES string of the molecule is O=[N+]([O-])c1ccc(N=Cc2ccccc2)nc1. The Balaban J connectivity index is 2.14. The molecular formula is C12H9N3O2. The summed E-state index contributed by atoms with van der Waals surface area (Å²) in [5, 5.41) is 10.4. The highest BCUT2D eigenvalue weighted by Gasteiger charge is 2.03. The van der Waals surface area contributed by atoms with Crippen molar-refractivity contribution in [1.29, 1.82) is 0 Å². The van der Waals surface area contributed by atoms with Crippen LogP contribution in [0.5, 0.6) is 0 Å². The van der Waals surface area contributed by atoms with Crippen LogP contribution in [0.4, 0.5) is 11.5 Å². The minimum Gasteiger partial charge on any atom is -0.258 e. The van der Waals surface area contributed by atoms with E-state index in [-0.39, 0.29) is 5.69 Å². The van der Waals surface area contributed by atoms with Crippen LogP contribution in [-0.2, 0) is 0 Å². The van der Waals surface area contributed by atoms with E-state index in [2.05, 4.69) is 9.98 Å². The van der Waals surface area contributed by atoms with Gasteiger partial charge in [-0.25, -0.2) is 9.98 Å². The van der Waals surface area contributed by atoms with Crippen molar-refractivity contribution >= 4 is 17.7 Å². The second-order valence-corrected chi connectivity index (χ2v) is 3.30. The van der Waals surface area contributed by atoms with E-state index in [1.807, 2.05) is 30.3 Å². The van der Waals surface area contributed by atoms with Gasteiger partial charge in [0, 0.05) is 12.3 Å². The molecule has 5 nitrogen and oxygen atoms in total. The maximum absolute atomic E-state index is 10.4. The molecule has 0 saturated carbocycles. The van der Waals surface area contributed by atoms with E-state index in [1.165, 1.54) is 18.3 Å². The highest BCUT2D eigenvalue weighted by molar-refractivity contribution is 5.81. The summed E-state index contributed by atoms with van der Waals surface area (Å²) in [5.74, 6) is 0.444. The van der Waals surface area contributed by atoms with Crippen molar-refractivity contribution in [2.45, 2.75) is 0 Å². The molecule has 0 aliphatic heterocycles. The highest BCUT2D eigenvalue weighted by Crippen LogP contribution is 2.13. The Morgan fingerprint density at radius 3 is 2.53 bits per heavy atom. The summed E-state index contributed by atoms with van der Waals surface area (Å²) in [6.07, 6.45) is 2.85. The van der Waals surface area contributed by atoms with Gasteiger partial charge in [0.2, 0.25) is 0 Å². The number of hydrogen-bond donors (Lipinski definition) is 0. The van der Waals surface area contributed by atoms with Crippen molar-refractivity contribution in [2.24, 2.45) is 4.99 Å². The molecule has 0 aliphatic rings. The molecule has 1 heterocycles. The molecule has 0 N–H and O–H groups in total. The van der Waals surface area contributed by atoms with Crippen molar-refractivity contribution < 1.29 is 4.92 Å². The Hall–Kier alpha value is -2.56. The fraction of sp³-hybridized carbons (Fsp3) is 0. The lowest BCUT2D eigenvalue weighted by molar-refractivity contribution is -0.385. The van der Waals surface area contributed by atoms with Crippen LogP contribution in [0.3, 0.4) is 0 Å². The predicted octanol–water partition coefficient (Wildman–Crippen LogP) is 2.74. The molecule has 5 heteroatoms. The molecule has 17 heavy (non-hydrogen) atoms. The van der Waals surface area contributed by atoms with Gasteiger partial charge in [0.25, 0.3) is 5.69 Å². The lowest BCUT2D eigenvalue weighted by Gasteiger charge is -1.93. The third-order valence-corrected chi connectivity index (χ3v) is 2.09. The number of nitro groups is 1. The third kappa shape index (κ3) is 2.94. The fourth-order valence-corrected chi connectivity index (χ4v) is 1.24. The van der Waals surface area contributed by atoms with Gasteiger partial charge in [0.15, 0.2) is 5.82 Å². The molecule has 0 unspecified atom stereocenters. The van der Waals surface area contributed by atoms with E-state index < -0.39 is 4.92 Å². The number of pyridine rings is 1. The van der Waals surface area contributed by atoms with Gasteiger partial charge >= 0.3 is 0 Å². The Kier molecular flexibility index (Phi) is 3.20. The molecule has 0 spiro atoms. The van der Waals surface area contributed by atoms with E-state index in [9.17, 15) is 10.1 Å². The van der Waals surface area contributed by atoms with Crippen LogP contribution in [0.15, 0.2) is 53.7 Å². The molecule has 1 aromatic heterocycles. The summed E-state index contributed by atoms with van der Waals surface area (Å²) in [4.78, 5) is 17.9. The number of nitrogens with zero attached hydrogens (tertiary/aromatic N) is 3. The average Bonchev–Trinajstić information content (AvgIpc) is 2.38. The zero-order valence-electron chi connectivity index (χ0n) is 8.85. The largest absolute Gasteiger partial charge is 0.287 e. The normalized spacial score (nSPS) is 10.6. The molecule has 84 valence electrons. The first-order valence-corrected chi connectivity index (χ1v) is 4.95. The summed E-state index contributed by atoms with van der Waals surface area (Å²) < 4.78 is 0. The van der Waals surface area contributed by atoms with Crippen molar-refractivity contribution in [1.82, 2.24) is 4.98 Å². The molecule has 1 aromatic carbocycles. The van der Waals surface area contributed by atoms with Crippen LogP contribution in [0.25, 0.3) is 0 Å². The summed E-state index contributed by atoms with van der Waals surface area (Å²) in [6.45, 7) is 0. The molecule has 0 amide bonds. The van der Waals surface area contributed by atoms with Gasteiger partial charge in [-0.2, -0.15) is 0 Å². The number of benzene rings is 1. The highest BCUT2D eigenvalue weighted by atomic mass is 16.6. The van der Waals surface area contributed by atoms with E-state index in [0.717, 1.165) is 5.56 Å². The van der Waals surface area contributed by atoms with Crippen LogP contribution >= 0.6 is 0 Å². The number of hydrogen-bond acceptors (Lipinski definition) is 4. The van der Waals surface area contributed by atoms with Gasteiger partial charge in [0.1, 0.15) is 6.20 Å². The molecule has 0 aliphatic carbocycles. The van der Waals surface area contributed by atoms with Gasteiger partial charge in [-0.3, -0.25) is 10.1 Å². The summed E-state index contributed by atoms with van der Waals surface area (Å²) in [6, 6.07) is 12.4. The van der Waals surface area contributed by atoms with Crippen molar-refractivity contribution in [3.8, 4) is 0 Å². The molecule has 0 bridgehead atoms. The Morgan fingerprint density at radius 2 is 1.94 bits per heavy atom. The second-order valence-electron chi connectivity index (χ2n) is 3.30. The maximum atomic E-state index is 10.4. The maximum Gasteiger partial charge on any atom is 0.287 e. The monoisotopic (exact) mass is 227 g/mol. The van der Waals surface area contributed by atoms with Crippen molar-refractivity contribution in [2.75, 3.05) is 0 Å². The van der Waals surface area contributed by atoms with Gasteiger partial charge < -0.3 is 0 Å². The molecule has 0 radical (unpaired) electrons. The van der Waals surface area contributed by atoms with Crippen LogP contribution in [-0.4, -0.2) is 16.1 Å². The topological polar surface area (TPSA) is 68.4 Å². The number of aliphatic imine (C=N–C) groups is 1. The van der Waals surface area contributed by atoms with Gasteiger partial charge in [-0.05, 0) is 11.6 Å². The lowest BCUT2D eigenvalue weighted by Crippen LogP contribution is -1.88. The zero-order chi connectivity index (χ0) is 12.1.